The Labute approximate surface area is 238 Å². The van der Waals surface area contributed by atoms with Crippen molar-refractivity contribution in [2.24, 2.45) is 22.7 Å². The number of Topliss-reactive ketones (excluding diaryl/α,β-unsaturated/α-hetero) is 4. The van der Waals surface area contributed by atoms with Crippen LogP contribution in [0.4, 0.5) is 0 Å². The Morgan fingerprint density at radius 1 is 0.700 bits per heavy atom. The SMILES string of the molecule is C[C@H](CSSC[C@@H](C)C(=O)N1CC2(C[C@H]1C(=O)O)C(=O)CCC2=O)C(=O)N1CC2(C[C@H]1C(=O)O)C(=O)CCC2=O. The number of carboxylic acid groups (broad SMARTS) is 2. The smallest absolute Gasteiger partial charge is 0.326 e. The fraction of sp³-hybridized carbons (Fsp3) is 0.692. The maximum absolute atomic E-state index is 13.1. The molecule has 0 unspecified atom stereocenters. The standard InChI is InChI=1S/C26H32N2O10S2/c1-13(21(33)27-11-25(7-15(27)23(35)36)17(29)3-4-18(25)30)9-39-40-10-14(2)22(34)28-12-26(8-16(28)24(37)38)19(31)5-6-20(26)32/h13-16H,3-12H2,1-2H3,(H,35,36)(H,37,38)/t13-,14-,15+,16+/m1/s1. The summed E-state index contributed by atoms with van der Waals surface area (Å²) in [5, 5.41) is 19.3. The zero-order valence-electron chi connectivity index (χ0n) is 22.3. The first-order valence-corrected chi connectivity index (χ1v) is 15.7. The van der Waals surface area contributed by atoms with Crippen LogP contribution in [-0.2, 0) is 38.4 Å². The molecule has 0 bridgehead atoms. The van der Waals surface area contributed by atoms with E-state index >= 15 is 0 Å². The predicted molar refractivity (Wildman–Crippen MR) is 142 cm³/mol. The van der Waals surface area contributed by atoms with Crippen LogP contribution in [0.15, 0.2) is 0 Å². The van der Waals surface area contributed by atoms with E-state index in [2.05, 4.69) is 0 Å². The van der Waals surface area contributed by atoms with Gasteiger partial charge in [0.25, 0.3) is 0 Å². The molecule has 2 saturated heterocycles. The lowest BCUT2D eigenvalue weighted by atomic mass is 9.82. The number of carbonyl (C=O) groups excluding carboxylic acids is 6. The summed E-state index contributed by atoms with van der Waals surface area (Å²) in [4.78, 5) is 102. The van der Waals surface area contributed by atoms with Gasteiger partial charge in [-0.1, -0.05) is 35.4 Å². The molecule has 14 heteroatoms. The van der Waals surface area contributed by atoms with Crippen molar-refractivity contribution < 1.29 is 48.6 Å². The van der Waals surface area contributed by atoms with E-state index in [0.717, 1.165) is 9.80 Å². The van der Waals surface area contributed by atoms with Crippen LogP contribution in [0.25, 0.3) is 0 Å². The summed E-state index contributed by atoms with van der Waals surface area (Å²) in [5.41, 5.74) is -2.85. The number of hydrogen-bond acceptors (Lipinski definition) is 10. The number of rotatable bonds is 9. The monoisotopic (exact) mass is 596 g/mol. The van der Waals surface area contributed by atoms with Gasteiger partial charge in [0, 0.05) is 62.1 Å². The van der Waals surface area contributed by atoms with Gasteiger partial charge in [0.2, 0.25) is 11.8 Å². The molecule has 12 nitrogen and oxygen atoms in total. The molecule has 218 valence electrons. The lowest BCUT2D eigenvalue weighted by molar-refractivity contribution is -0.149. The molecule has 0 aromatic rings. The molecule has 0 aromatic carbocycles. The molecular weight excluding hydrogens is 564 g/mol. The van der Waals surface area contributed by atoms with Gasteiger partial charge < -0.3 is 20.0 Å². The van der Waals surface area contributed by atoms with Crippen molar-refractivity contribution in [1.29, 1.82) is 0 Å². The second kappa shape index (κ2) is 11.3. The first-order valence-electron chi connectivity index (χ1n) is 13.2. The third-order valence-corrected chi connectivity index (χ3v) is 11.5. The van der Waals surface area contributed by atoms with Crippen LogP contribution in [0.1, 0.15) is 52.4 Å². The summed E-state index contributed by atoms with van der Waals surface area (Å²) < 4.78 is 0. The van der Waals surface area contributed by atoms with Gasteiger partial charge >= 0.3 is 11.9 Å². The number of amides is 2. The Morgan fingerprint density at radius 2 is 1.00 bits per heavy atom. The molecule has 2 heterocycles. The normalized spacial score (nSPS) is 26.8. The van der Waals surface area contributed by atoms with Gasteiger partial charge in [-0.05, 0) is 12.8 Å². The van der Waals surface area contributed by atoms with Gasteiger partial charge in [-0.2, -0.15) is 0 Å². The van der Waals surface area contributed by atoms with Crippen LogP contribution in [0.2, 0.25) is 0 Å². The van der Waals surface area contributed by atoms with Gasteiger partial charge in [-0.3, -0.25) is 28.8 Å². The van der Waals surface area contributed by atoms with E-state index in [0.29, 0.717) is 0 Å². The number of ketones is 4. The summed E-state index contributed by atoms with van der Waals surface area (Å²) in [5.74, 6) is -5.41. The molecule has 2 aliphatic carbocycles. The highest BCUT2D eigenvalue weighted by Gasteiger charge is 2.60. The topological polar surface area (TPSA) is 183 Å². The molecule has 0 radical (unpaired) electrons. The molecule has 2 amide bonds. The third-order valence-electron chi connectivity index (χ3n) is 8.71. The maximum atomic E-state index is 13.1. The average Bonchev–Trinajstić information content (AvgIpc) is 3.65. The zero-order chi connectivity index (χ0) is 29.6. The molecule has 0 aromatic heterocycles. The fourth-order valence-corrected chi connectivity index (χ4v) is 8.94. The summed E-state index contributed by atoms with van der Waals surface area (Å²) in [7, 11) is 2.58. The van der Waals surface area contributed by atoms with E-state index in [4.69, 9.17) is 0 Å². The number of hydrogen-bond donors (Lipinski definition) is 2. The molecule has 40 heavy (non-hydrogen) atoms. The second-order valence-corrected chi connectivity index (χ2v) is 13.8. The fourth-order valence-electron chi connectivity index (χ4n) is 6.26. The second-order valence-electron chi connectivity index (χ2n) is 11.3. The minimum absolute atomic E-state index is 0.0599. The number of likely N-dealkylation sites (tertiary alicyclic amines) is 2. The van der Waals surface area contributed by atoms with Crippen molar-refractivity contribution in [1.82, 2.24) is 9.80 Å². The highest BCUT2D eigenvalue weighted by atomic mass is 33.1. The summed E-state index contributed by atoms with van der Waals surface area (Å²) in [6.45, 7) is 2.81. The summed E-state index contributed by atoms with van der Waals surface area (Å²) >= 11 is 0. The van der Waals surface area contributed by atoms with E-state index in [1.165, 1.54) is 21.6 Å². The molecule has 2 aliphatic heterocycles. The van der Waals surface area contributed by atoms with Gasteiger partial charge in [-0.25, -0.2) is 9.59 Å². The van der Waals surface area contributed by atoms with Gasteiger partial charge in [0.15, 0.2) is 0 Å². The van der Waals surface area contributed by atoms with Crippen LogP contribution < -0.4 is 0 Å². The Kier molecular flexibility index (Phi) is 8.51. The molecule has 2 spiro atoms. The minimum atomic E-state index is -1.42. The van der Waals surface area contributed by atoms with Crippen LogP contribution in [-0.4, -0.2) is 104 Å². The predicted octanol–water partition coefficient (Wildman–Crippen LogP) is 0.848. The summed E-state index contributed by atoms with van der Waals surface area (Å²) in [6.07, 6.45) is -0.165. The van der Waals surface area contributed by atoms with Crippen LogP contribution in [0.5, 0.6) is 0 Å². The molecule has 4 atom stereocenters. The Bertz CT molecular complexity index is 1060. The Morgan fingerprint density at radius 3 is 1.27 bits per heavy atom. The van der Waals surface area contributed by atoms with Crippen molar-refractivity contribution in [2.45, 2.75) is 64.5 Å². The molecule has 2 N–H and O–H groups in total. The lowest BCUT2D eigenvalue weighted by Gasteiger charge is -2.26. The maximum Gasteiger partial charge on any atom is 0.326 e. The van der Waals surface area contributed by atoms with E-state index in [-0.39, 0.29) is 86.3 Å². The quantitative estimate of drug-likeness (QED) is 0.218. The van der Waals surface area contributed by atoms with E-state index in [1.54, 1.807) is 13.8 Å². The van der Waals surface area contributed by atoms with Crippen molar-refractivity contribution in [3.63, 3.8) is 0 Å². The van der Waals surface area contributed by atoms with Crippen molar-refractivity contribution in [2.75, 3.05) is 24.6 Å². The summed E-state index contributed by atoms with van der Waals surface area (Å²) in [6, 6.07) is -2.50. The van der Waals surface area contributed by atoms with E-state index < -0.39 is 58.5 Å². The Balaban J connectivity index is 1.30. The molecular formula is C26H32N2O10S2. The molecule has 2 saturated carbocycles. The molecule has 4 rings (SSSR count). The van der Waals surface area contributed by atoms with Crippen molar-refractivity contribution in [3.05, 3.63) is 0 Å². The number of carboxylic acids is 2. The first-order chi connectivity index (χ1) is 18.7. The zero-order valence-corrected chi connectivity index (χ0v) is 23.9. The highest BCUT2D eigenvalue weighted by molar-refractivity contribution is 8.76. The molecule has 4 fully saturated rings. The van der Waals surface area contributed by atoms with Crippen molar-refractivity contribution in [3.8, 4) is 0 Å². The average molecular weight is 597 g/mol. The first kappa shape index (κ1) is 30.2. The van der Waals surface area contributed by atoms with E-state index in [1.807, 2.05) is 0 Å². The van der Waals surface area contributed by atoms with Gasteiger partial charge in [0.1, 0.15) is 46.0 Å². The minimum Gasteiger partial charge on any atom is -0.480 e. The Hall–Kier alpha value is -2.74. The largest absolute Gasteiger partial charge is 0.480 e. The van der Waals surface area contributed by atoms with Crippen LogP contribution >= 0.6 is 21.6 Å². The third kappa shape index (κ3) is 5.08. The van der Waals surface area contributed by atoms with Gasteiger partial charge in [-0.15, -0.1) is 0 Å². The highest BCUT2D eigenvalue weighted by Crippen LogP contribution is 2.45. The van der Waals surface area contributed by atoms with Crippen molar-refractivity contribution >= 4 is 68.5 Å². The number of nitrogens with zero attached hydrogens (tertiary/aromatic N) is 2. The lowest BCUT2D eigenvalue weighted by Crippen LogP contribution is -2.44. The number of aliphatic carboxylic acids is 2. The van der Waals surface area contributed by atoms with E-state index in [9.17, 15) is 48.6 Å². The van der Waals surface area contributed by atoms with Crippen LogP contribution in [0.3, 0.4) is 0 Å². The van der Waals surface area contributed by atoms with Gasteiger partial charge in [0.05, 0.1) is 0 Å². The number of carbonyl (C=O) groups is 8. The van der Waals surface area contributed by atoms with Crippen LogP contribution in [0, 0.1) is 22.7 Å². The molecule has 4 aliphatic rings.